The molecule has 1 heterocycles. The van der Waals surface area contributed by atoms with Crippen LogP contribution in [0.1, 0.15) is 15.9 Å². The van der Waals surface area contributed by atoms with E-state index in [1.807, 2.05) is 0 Å². The Morgan fingerprint density at radius 2 is 1.86 bits per heavy atom. The van der Waals surface area contributed by atoms with Crippen molar-refractivity contribution in [2.75, 3.05) is 33.4 Å². The number of hydrogen-bond donors (Lipinski definition) is 0. The number of carbonyl (C=O) groups excluding carboxylic acids is 1. The summed E-state index contributed by atoms with van der Waals surface area (Å²) in [6, 6.07) is 8.97. The van der Waals surface area contributed by atoms with E-state index in [0.717, 1.165) is 0 Å². The van der Waals surface area contributed by atoms with E-state index in [1.54, 1.807) is 18.2 Å². The van der Waals surface area contributed by atoms with Gasteiger partial charge in [-0.25, -0.2) is 13.2 Å². The first kappa shape index (κ1) is 21.9. The average Bonchev–Trinajstić information content (AvgIpc) is 2.73. The molecule has 7 nitrogen and oxygen atoms in total. The van der Waals surface area contributed by atoms with Crippen molar-refractivity contribution in [3.8, 4) is 5.75 Å². The smallest absolute Gasteiger partial charge is 0.338 e. The monoisotopic (exact) mass is 459 g/mol. The predicted octanol–water partition coefficient (Wildman–Crippen LogP) is 3.38. The summed E-state index contributed by atoms with van der Waals surface area (Å²) in [5.74, 6) is -0.536. The molecule has 0 aromatic heterocycles. The molecule has 0 radical (unpaired) electrons. The Labute approximate surface area is 179 Å². The number of methoxy groups -OCH3 is 1. The largest absolute Gasteiger partial charge is 0.495 e. The molecule has 1 aliphatic heterocycles. The molecular weight excluding hydrogens is 441 g/mol. The highest BCUT2D eigenvalue weighted by Crippen LogP contribution is 2.29. The molecule has 1 aliphatic rings. The highest BCUT2D eigenvalue weighted by atomic mass is 35.5. The Balaban J connectivity index is 1.82. The third-order valence-electron chi connectivity index (χ3n) is 4.36. The quantitative estimate of drug-likeness (QED) is 0.615. The maximum Gasteiger partial charge on any atom is 0.338 e. The summed E-state index contributed by atoms with van der Waals surface area (Å²) in [6.07, 6.45) is 0. The van der Waals surface area contributed by atoms with Crippen LogP contribution in [0.5, 0.6) is 5.75 Å². The molecule has 0 atom stereocenters. The van der Waals surface area contributed by atoms with Gasteiger partial charge >= 0.3 is 5.97 Å². The molecule has 10 heteroatoms. The van der Waals surface area contributed by atoms with Crippen molar-refractivity contribution in [1.29, 1.82) is 0 Å². The molecule has 0 N–H and O–H groups in total. The van der Waals surface area contributed by atoms with Gasteiger partial charge in [-0.05, 0) is 30.3 Å². The molecule has 2 aromatic rings. The van der Waals surface area contributed by atoms with Crippen LogP contribution < -0.4 is 4.74 Å². The summed E-state index contributed by atoms with van der Waals surface area (Å²) >= 11 is 11.9. The number of esters is 1. The number of ether oxygens (including phenoxy) is 3. The first-order valence-corrected chi connectivity index (χ1v) is 10.9. The van der Waals surface area contributed by atoms with Gasteiger partial charge in [-0.1, -0.05) is 29.3 Å². The summed E-state index contributed by atoms with van der Waals surface area (Å²) < 4.78 is 43.0. The Morgan fingerprint density at radius 1 is 1.14 bits per heavy atom. The lowest BCUT2D eigenvalue weighted by Gasteiger charge is -2.26. The fraction of sp³-hybridized carbons (Fsp3) is 0.316. The Kier molecular flexibility index (Phi) is 7.02. The second-order valence-electron chi connectivity index (χ2n) is 6.19. The fourth-order valence-corrected chi connectivity index (χ4v) is 4.85. The zero-order chi connectivity index (χ0) is 21.0. The number of carbonyl (C=O) groups is 1. The molecule has 0 saturated carbocycles. The van der Waals surface area contributed by atoms with Crippen molar-refractivity contribution in [2.24, 2.45) is 0 Å². The Hall–Kier alpha value is -1.84. The fourth-order valence-electron chi connectivity index (χ4n) is 2.80. The van der Waals surface area contributed by atoms with Crippen LogP contribution in [-0.4, -0.2) is 52.1 Å². The Morgan fingerprint density at radius 3 is 2.52 bits per heavy atom. The molecular formula is C19H19Cl2NO6S. The maximum atomic E-state index is 13.0. The second-order valence-corrected chi connectivity index (χ2v) is 8.94. The van der Waals surface area contributed by atoms with E-state index in [4.69, 9.17) is 37.4 Å². The molecule has 0 bridgehead atoms. The summed E-state index contributed by atoms with van der Waals surface area (Å²) in [5.41, 5.74) is 0.668. The highest BCUT2D eigenvalue weighted by molar-refractivity contribution is 7.89. The van der Waals surface area contributed by atoms with Gasteiger partial charge < -0.3 is 14.2 Å². The van der Waals surface area contributed by atoms with Crippen LogP contribution in [0.3, 0.4) is 0 Å². The minimum absolute atomic E-state index is 0.0770. The van der Waals surface area contributed by atoms with E-state index >= 15 is 0 Å². The molecule has 0 aliphatic carbocycles. The molecule has 0 spiro atoms. The number of hydrogen-bond acceptors (Lipinski definition) is 6. The zero-order valence-corrected chi connectivity index (χ0v) is 17.9. The van der Waals surface area contributed by atoms with Crippen molar-refractivity contribution < 1.29 is 27.4 Å². The molecule has 2 aromatic carbocycles. The van der Waals surface area contributed by atoms with Gasteiger partial charge in [-0.2, -0.15) is 4.31 Å². The molecule has 156 valence electrons. The van der Waals surface area contributed by atoms with Gasteiger partial charge in [0.25, 0.3) is 0 Å². The number of nitrogens with zero attached hydrogens (tertiary/aromatic N) is 1. The van der Waals surface area contributed by atoms with Crippen LogP contribution >= 0.6 is 23.2 Å². The zero-order valence-electron chi connectivity index (χ0n) is 15.6. The standard InChI is InChI=1S/C19H19Cl2NO6S/c1-26-17-5-3-13(10-18(17)29(24,25)22-6-8-27-9-7-22)19(23)28-12-14-2-4-15(20)11-16(14)21/h2-5,10-11H,6-9,12H2,1H3. The van der Waals surface area contributed by atoms with E-state index in [2.05, 4.69) is 0 Å². The molecule has 0 amide bonds. The van der Waals surface area contributed by atoms with Gasteiger partial charge in [-0.15, -0.1) is 0 Å². The molecule has 1 fully saturated rings. The SMILES string of the molecule is COc1ccc(C(=O)OCc2ccc(Cl)cc2Cl)cc1S(=O)(=O)N1CCOCC1. The average molecular weight is 460 g/mol. The maximum absolute atomic E-state index is 13.0. The van der Waals surface area contributed by atoms with Crippen molar-refractivity contribution in [2.45, 2.75) is 11.5 Å². The molecule has 0 unspecified atom stereocenters. The number of benzene rings is 2. The summed E-state index contributed by atoms with van der Waals surface area (Å²) in [4.78, 5) is 12.4. The van der Waals surface area contributed by atoms with Crippen LogP contribution in [0.25, 0.3) is 0 Å². The van der Waals surface area contributed by atoms with Crippen LogP contribution in [0.2, 0.25) is 10.0 Å². The third kappa shape index (κ3) is 5.02. The van der Waals surface area contributed by atoms with E-state index < -0.39 is 16.0 Å². The summed E-state index contributed by atoms with van der Waals surface area (Å²) in [7, 11) is -2.49. The van der Waals surface area contributed by atoms with E-state index in [0.29, 0.717) is 28.8 Å². The van der Waals surface area contributed by atoms with E-state index in [1.165, 1.54) is 29.6 Å². The number of morpholine rings is 1. The van der Waals surface area contributed by atoms with Crippen molar-refractivity contribution in [1.82, 2.24) is 4.31 Å². The Bertz CT molecular complexity index is 1010. The highest BCUT2D eigenvalue weighted by Gasteiger charge is 2.30. The van der Waals surface area contributed by atoms with Gasteiger partial charge in [0, 0.05) is 28.7 Å². The van der Waals surface area contributed by atoms with Gasteiger partial charge in [0.05, 0.1) is 25.9 Å². The minimum Gasteiger partial charge on any atom is -0.495 e. The normalized spacial score (nSPS) is 15.1. The topological polar surface area (TPSA) is 82.1 Å². The van der Waals surface area contributed by atoms with Crippen molar-refractivity contribution in [3.05, 3.63) is 57.6 Å². The van der Waals surface area contributed by atoms with Crippen LogP contribution in [0.4, 0.5) is 0 Å². The second kappa shape index (κ2) is 9.32. The lowest BCUT2D eigenvalue weighted by Crippen LogP contribution is -2.40. The van der Waals surface area contributed by atoms with Crippen molar-refractivity contribution in [3.63, 3.8) is 0 Å². The van der Waals surface area contributed by atoms with Gasteiger partial charge in [0.1, 0.15) is 17.3 Å². The van der Waals surface area contributed by atoms with E-state index in [-0.39, 0.29) is 35.9 Å². The van der Waals surface area contributed by atoms with E-state index in [9.17, 15) is 13.2 Å². The molecule has 29 heavy (non-hydrogen) atoms. The van der Waals surface area contributed by atoms with Gasteiger partial charge in [-0.3, -0.25) is 0 Å². The van der Waals surface area contributed by atoms with Crippen LogP contribution in [-0.2, 0) is 26.1 Å². The predicted molar refractivity (Wildman–Crippen MR) is 108 cm³/mol. The van der Waals surface area contributed by atoms with Crippen molar-refractivity contribution >= 4 is 39.2 Å². The molecule has 1 saturated heterocycles. The van der Waals surface area contributed by atoms with Gasteiger partial charge in [0.15, 0.2) is 0 Å². The molecule has 3 rings (SSSR count). The summed E-state index contributed by atoms with van der Waals surface area (Å²) in [5, 5.41) is 0.841. The lowest BCUT2D eigenvalue weighted by atomic mass is 10.2. The lowest BCUT2D eigenvalue weighted by molar-refractivity contribution is 0.0472. The van der Waals surface area contributed by atoms with Crippen LogP contribution in [0.15, 0.2) is 41.3 Å². The first-order valence-electron chi connectivity index (χ1n) is 8.70. The third-order valence-corrected chi connectivity index (χ3v) is 6.87. The number of sulfonamides is 1. The number of halogens is 2. The minimum atomic E-state index is -3.85. The summed E-state index contributed by atoms with van der Waals surface area (Å²) in [6.45, 7) is 1.01. The van der Waals surface area contributed by atoms with Gasteiger partial charge in [0.2, 0.25) is 10.0 Å². The number of rotatable bonds is 6. The van der Waals surface area contributed by atoms with Crippen LogP contribution in [0, 0.1) is 0 Å². The first-order chi connectivity index (χ1) is 13.8.